The summed E-state index contributed by atoms with van der Waals surface area (Å²) in [4.78, 5) is 18.7. The van der Waals surface area contributed by atoms with Gasteiger partial charge in [-0.15, -0.1) is 24.5 Å². The van der Waals surface area contributed by atoms with E-state index in [2.05, 4.69) is 37.6 Å². The molecule has 0 aliphatic carbocycles. The number of hydrogen-bond acceptors (Lipinski definition) is 5. The molecule has 1 aromatic carbocycles. The Kier molecular flexibility index (Phi) is 9.30. The van der Waals surface area contributed by atoms with Gasteiger partial charge >= 0.3 is 0 Å². The summed E-state index contributed by atoms with van der Waals surface area (Å²) in [5.41, 5.74) is 3.48. The molecule has 0 saturated heterocycles. The standard InChI is InChI=1S/C27H36N2O3S/c1-5-7-8-22(30)17-28(13-6-2)18-27(31)29-14-11-26-23(12-15-33-26)24(29)19-32-25-10-9-20(3)16-21(25)4/h5-6,9-10,12,15-16,22,24,30H,1-2,7-8,11,13-14,17-19H2,3-4H3. The number of amides is 1. The monoisotopic (exact) mass is 468 g/mol. The number of nitrogens with zero attached hydrogens (tertiary/aromatic N) is 2. The normalized spacial score (nSPS) is 16.4. The molecule has 6 heteroatoms. The number of hydrogen-bond donors (Lipinski definition) is 1. The second-order valence-electron chi connectivity index (χ2n) is 8.73. The van der Waals surface area contributed by atoms with Gasteiger partial charge in [-0.25, -0.2) is 0 Å². The summed E-state index contributed by atoms with van der Waals surface area (Å²) >= 11 is 1.75. The molecule has 1 N–H and O–H groups in total. The fourth-order valence-corrected chi connectivity index (χ4v) is 5.30. The molecule has 178 valence electrons. The highest BCUT2D eigenvalue weighted by Crippen LogP contribution is 2.34. The van der Waals surface area contributed by atoms with Gasteiger partial charge in [-0.3, -0.25) is 9.69 Å². The number of ether oxygens (including phenoxy) is 1. The topological polar surface area (TPSA) is 53.0 Å². The number of benzene rings is 1. The average Bonchev–Trinajstić information content (AvgIpc) is 3.26. The average molecular weight is 469 g/mol. The Morgan fingerprint density at radius 1 is 1.33 bits per heavy atom. The first-order valence-corrected chi connectivity index (χ1v) is 12.5. The third kappa shape index (κ3) is 6.79. The van der Waals surface area contributed by atoms with Crippen molar-refractivity contribution in [1.82, 2.24) is 9.80 Å². The largest absolute Gasteiger partial charge is 0.491 e. The van der Waals surface area contributed by atoms with Crippen molar-refractivity contribution < 1.29 is 14.6 Å². The molecule has 5 nitrogen and oxygen atoms in total. The lowest BCUT2D eigenvalue weighted by Crippen LogP contribution is -2.47. The van der Waals surface area contributed by atoms with Crippen molar-refractivity contribution >= 4 is 17.2 Å². The molecule has 0 fully saturated rings. The van der Waals surface area contributed by atoms with E-state index in [-0.39, 0.29) is 18.5 Å². The molecule has 1 aromatic heterocycles. The van der Waals surface area contributed by atoms with Crippen LogP contribution in [0, 0.1) is 13.8 Å². The minimum absolute atomic E-state index is 0.0545. The summed E-state index contributed by atoms with van der Waals surface area (Å²) in [5, 5.41) is 12.4. The van der Waals surface area contributed by atoms with Crippen molar-refractivity contribution in [2.24, 2.45) is 0 Å². The molecule has 2 heterocycles. The number of aryl methyl sites for hydroxylation is 2. The van der Waals surface area contributed by atoms with Crippen molar-refractivity contribution in [2.75, 3.05) is 32.8 Å². The molecular weight excluding hydrogens is 432 g/mol. The van der Waals surface area contributed by atoms with E-state index in [0.717, 1.165) is 24.2 Å². The summed E-state index contributed by atoms with van der Waals surface area (Å²) < 4.78 is 6.23. The van der Waals surface area contributed by atoms with E-state index in [1.54, 1.807) is 23.5 Å². The van der Waals surface area contributed by atoms with E-state index < -0.39 is 6.10 Å². The zero-order valence-electron chi connectivity index (χ0n) is 19.8. The van der Waals surface area contributed by atoms with Gasteiger partial charge in [-0.1, -0.05) is 29.8 Å². The van der Waals surface area contributed by atoms with Crippen LogP contribution < -0.4 is 4.74 Å². The Hall–Kier alpha value is -2.41. The summed E-state index contributed by atoms with van der Waals surface area (Å²) in [6.45, 7) is 14.0. The number of fused-ring (bicyclic) bond motifs is 1. The Bertz CT molecular complexity index is 955. The predicted molar refractivity (Wildman–Crippen MR) is 136 cm³/mol. The van der Waals surface area contributed by atoms with E-state index in [0.29, 0.717) is 32.7 Å². The second kappa shape index (κ2) is 12.2. The number of carbonyl (C=O) groups is 1. The van der Waals surface area contributed by atoms with E-state index in [1.165, 1.54) is 16.0 Å². The maximum absolute atomic E-state index is 13.4. The van der Waals surface area contributed by atoms with Crippen LogP contribution in [-0.4, -0.2) is 59.7 Å². The van der Waals surface area contributed by atoms with Gasteiger partial charge < -0.3 is 14.7 Å². The van der Waals surface area contributed by atoms with E-state index in [4.69, 9.17) is 4.74 Å². The van der Waals surface area contributed by atoms with Gasteiger partial charge in [0.15, 0.2) is 0 Å². The molecule has 0 spiro atoms. The number of aliphatic hydroxyl groups excluding tert-OH is 1. The van der Waals surface area contributed by atoms with Crippen molar-refractivity contribution in [1.29, 1.82) is 0 Å². The van der Waals surface area contributed by atoms with E-state index >= 15 is 0 Å². The van der Waals surface area contributed by atoms with Gasteiger partial charge in [0.2, 0.25) is 5.91 Å². The lowest BCUT2D eigenvalue weighted by atomic mass is 10.00. The second-order valence-corrected chi connectivity index (χ2v) is 9.74. The Morgan fingerprint density at radius 2 is 2.15 bits per heavy atom. The molecule has 33 heavy (non-hydrogen) atoms. The van der Waals surface area contributed by atoms with Gasteiger partial charge in [0.05, 0.1) is 18.7 Å². The van der Waals surface area contributed by atoms with Gasteiger partial charge in [0.25, 0.3) is 0 Å². The predicted octanol–water partition coefficient (Wildman–Crippen LogP) is 4.68. The van der Waals surface area contributed by atoms with Crippen LogP contribution >= 0.6 is 11.3 Å². The lowest BCUT2D eigenvalue weighted by Gasteiger charge is -2.37. The van der Waals surface area contributed by atoms with Crippen LogP contribution in [-0.2, 0) is 11.2 Å². The highest BCUT2D eigenvalue weighted by Gasteiger charge is 2.33. The highest BCUT2D eigenvalue weighted by molar-refractivity contribution is 7.10. The molecule has 1 amide bonds. The Morgan fingerprint density at radius 3 is 2.88 bits per heavy atom. The molecule has 2 unspecified atom stereocenters. The first-order valence-electron chi connectivity index (χ1n) is 11.6. The molecule has 1 aliphatic rings. The van der Waals surface area contributed by atoms with E-state index in [1.807, 2.05) is 28.9 Å². The Labute approximate surface area is 202 Å². The molecule has 2 atom stereocenters. The number of allylic oxidation sites excluding steroid dienone is 1. The van der Waals surface area contributed by atoms with Crippen LogP contribution in [0.3, 0.4) is 0 Å². The summed E-state index contributed by atoms with van der Waals surface area (Å²) in [5.74, 6) is 0.910. The van der Waals surface area contributed by atoms with E-state index in [9.17, 15) is 9.90 Å². The summed E-state index contributed by atoms with van der Waals surface area (Å²) in [7, 11) is 0. The molecule has 2 aromatic rings. The highest BCUT2D eigenvalue weighted by atomic mass is 32.1. The molecule has 0 radical (unpaired) electrons. The summed E-state index contributed by atoms with van der Waals surface area (Å²) in [6, 6.07) is 8.16. The smallest absolute Gasteiger partial charge is 0.237 e. The number of aliphatic hydroxyl groups is 1. The maximum Gasteiger partial charge on any atom is 0.237 e. The summed E-state index contributed by atoms with van der Waals surface area (Å²) in [6.07, 6.45) is 5.34. The van der Waals surface area contributed by atoms with Crippen LogP contribution in [0.1, 0.15) is 40.5 Å². The maximum atomic E-state index is 13.4. The molecule has 3 rings (SSSR count). The van der Waals surface area contributed by atoms with Crippen molar-refractivity contribution in [2.45, 2.75) is 45.3 Å². The quantitative estimate of drug-likeness (QED) is 0.460. The molecule has 0 saturated carbocycles. The SMILES string of the molecule is C=CCCC(O)CN(CC=C)CC(=O)N1CCc2sccc2C1COc1ccc(C)cc1C. The molecule has 0 bridgehead atoms. The van der Waals surface area contributed by atoms with Crippen LogP contribution in [0.4, 0.5) is 0 Å². The van der Waals surface area contributed by atoms with Gasteiger partial charge in [0.1, 0.15) is 12.4 Å². The minimum atomic E-state index is -0.496. The van der Waals surface area contributed by atoms with Crippen molar-refractivity contribution in [3.05, 3.63) is 76.5 Å². The van der Waals surface area contributed by atoms with Crippen molar-refractivity contribution in [3.63, 3.8) is 0 Å². The van der Waals surface area contributed by atoms with Crippen LogP contribution in [0.25, 0.3) is 0 Å². The zero-order valence-corrected chi connectivity index (χ0v) is 20.7. The third-order valence-corrected chi connectivity index (χ3v) is 7.06. The van der Waals surface area contributed by atoms with Gasteiger partial charge in [-0.2, -0.15) is 0 Å². The molecule has 1 aliphatic heterocycles. The first-order chi connectivity index (χ1) is 15.9. The fraction of sp³-hybridized carbons (Fsp3) is 0.444. The van der Waals surface area contributed by atoms with Gasteiger partial charge in [0, 0.05) is 24.5 Å². The molecular formula is C27H36N2O3S. The third-order valence-electron chi connectivity index (χ3n) is 6.06. The minimum Gasteiger partial charge on any atom is -0.491 e. The zero-order chi connectivity index (χ0) is 23.8. The van der Waals surface area contributed by atoms with Crippen LogP contribution in [0.5, 0.6) is 5.75 Å². The van der Waals surface area contributed by atoms with Crippen LogP contribution in [0.2, 0.25) is 0 Å². The lowest BCUT2D eigenvalue weighted by molar-refractivity contribution is -0.136. The van der Waals surface area contributed by atoms with Gasteiger partial charge in [-0.05, 0) is 61.7 Å². The number of carbonyl (C=O) groups excluding carboxylic acids is 1. The Balaban J connectivity index is 1.72. The van der Waals surface area contributed by atoms with Crippen molar-refractivity contribution in [3.8, 4) is 5.75 Å². The van der Waals surface area contributed by atoms with Crippen LogP contribution in [0.15, 0.2) is 55.0 Å². The number of rotatable bonds is 12. The number of thiophene rings is 1. The fourth-order valence-electron chi connectivity index (χ4n) is 4.37. The first kappa shape index (κ1) is 25.2.